The SMILES string of the molecule is Cc1nc(N)n(-c2ccc(F)cc2C)n1. The number of benzene rings is 1. The molecule has 2 aromatic rings. The maximum absolute atomic E-state index is 12.9. The molecule has 0 atom stereocenters. The van der Waals surface area contributed by atoms with Crippen molar-refractivity contribution in [3.63, 3.8) is 0 Å². The molecule has 0 unspecified atom stereocenters. The van der Waals surface area contributed by atoms with E-state index in [-0.39, 0.29) is 5.82 Å². The molecular formula is C10H11FN4. The lowest BCUT2D eigenvalue weighted by Gasteiger charge is -2.06. The third-order valence-corrected chi connectivity index (χ3v) is 2.13. The molecule has 0 radical (unpaired) electrons. The fraction of sp³-hybridized carbons (Fsp3) is 0.200. The van der Waals surface area contributed by atoms with Crippen molar-refractivity contribution in [1.82, 2.24) is 14.8 Å². The van der Waals surface area contributed by atoms with Gasteiger partial charge in [0.2, 0.25) is 5.95 Å². The number of rotatable bonds is 1. The van der Waals surface area contributed by atoms with Crippen LogP contribution in [0.2, 0.25) is 0 Å². The van der Waals surface area contributed by atoms with Gasteiger partial charge in [0.1, 0.15) is 11.6 Å². The van der Waals surface area contributed by atoms with E-state index in [1.807, 2.05) is 0 Å². The largest absolute Gasteiger partial charge is 0.368 e. The van der Waals surface area contributed by atoms with Gasteiger partial charge in [-0.05, 0) is 37.6 Å². The van der Waals surface area contributed by atoms with Crippen molar-refractivity contribution in [3.8, 4) is 5.69 Å². The van der Waals surface area contributed by atoms with Crippen molar-refractivity contribution in [3.05, 3.63) is 35.4 Å². The first kappa shape index (κ1) is 9.64. The molecule has 0 aliphatic rings. The molecule has 0 spiro atoms. The molecule has 0 aliphatic heterocycles. The first-order valence-electron chi connectivity index (χ1n) is 4.53. The summed E-state index contributed by atoms with van der Waals surface area (Å²) in [6.07, 6.45) is 0. The molecule has 1 aromatic heterocycles. The fourth-order valence-electron chi connectivity index (χ4n) is 1.47. The summed E-state index contributed by atoms with van der Waals surface area (Å²) in [5.41, 5.74) is 7.19. The lowest BCUT2D eigenvalue weighted by molar-refractivity contribution is 0.625. The van der Waals surface area contributed by atoms with E-state index in [1.165, 1.54) is 16.8 Å². The van der Waals surface area contributed by atoms with E-state index in [2.05, 4.69) is 10.1 Å². The van der Waals surface area contributed by atoms with Gasteiger partial charge in [0.05, 0.1) is 5.69 Å². The third kappa shape index (κ3) is 1.68. The highest BCUT2D eigenvalue weighted by Crippen LogP contribution is 2.16. The summed E-state index contributed by atoms with van der Waals surface area (Å²) >= 11 is 0. The zero-order chi connectivity index (χ0) is 11.0. The van der Waals surface area contributed by atoms with Crippen molar-refractivity contribution in [2.45, 2.75) is 13.8 Å². The van der Waals surface area contributed by atoms with E-state index in [4.69, 9.17) is 5.73 Å². The van der Waals surface area contributed by atoms with Crippen molar-refractivity contribution >= 4 is 5.95 Å². The van der Waals surface area contributed by atoms with Gasteiger partial charge in [-0.1, -0.05) is 0 Å². The molecule has 0 saturated carbocycles. The predicted octanol–water partition coefficient (Wildman–Crippen LogP) is 1.61. The average molecular weight is 206 g/mol. The van der Waals surface area contributed by atoms with Crippen LogP contribution >= 0.6 is 0 Å². The lowest BCUT2D eigenvalue weighted by atomic mass is 10.2. The number of nitrogens with zero attached hydrogens (tertiary/aromatic N) is 3. The summed E-state index contributed by atoms with van der Waals surface area (Å²) in [6.45, 7) is 3.56. The third-order valence-electron chi connectivity index (χ3n) is 2.13. The number of aryl methyl sites for hydroxylation is 2. The molecule has 5 heteroatoms. The van der Waals surface area contributed by atoms with Gasteiger partial charge in [0.15, 0.2) is 0 Å². The normalized spacial score (nSPS) is 10.6. The zero-order valence-electron chi connectivity index (χ0n) is 8.53. The maximum Gasteiger partial charge on any atom is 0.223 e. The van der Waals surface area contributed by atoms with Gasteiger partial charge in [0, 0.05) is 0 Å². The van der Waals surface area contributed by atoms with Crippen LogP contribution in [0.15, 0.2) is 18.2 Å². The molecule has 15 heavy (non-hydrogen) atoms. The number of halogens is 1. The van der Waals surface area contributed by atoms with E-state index in [0.717, 1.165) is 11.3 Å². The molecule has 2 N–H and O–H groups in total. The Morgan fingerprint density at radius 3 is 2.60 bits per heavy atom. The van der Waals surface area contributed by atoms with Crippen LogP contribution in [0.1, 0.15) is 11.4 Å². The van der Waals surface area contributed by atoms with E-state index in [9.17, 15) is 4.39 Å². The fourth-order valence-corrected chi connectivity index (χ4v) is 1.47. The molecule has 0 aliphatic carbocycles. The Labute approximate surface area is 86.6 Å². The predicted molar refractivity (Wildman–Crippen MR) is 55.2 cm³/mol. The van der Waals surface area contributed by atoms with E-state index >= 15 is 0 Å². The van der Waals surface area contributed by atoms with E-state index in [1.54, 1.807) is 19.9 Å². The highest BCUT2D eigenvalue weighted by atomic mass is 19.1. The smallest absolute Gasteiger partial charge is 0.223 e. The van der Waals surface area contributed by atoms with Gasteiger partial charge < -0.3 is 5.73 Å². The monoisotopic (exact) mass is 206 g/mol. The number of nitrogen functional groups attached to an aromatic ring is 1. The minimum absolute atomic E-state index is 0.272. The number of nitrogens with two attached hydrogens (primary N) is 1. The first-order chi connectivity index (χ1) is 7.08. The first-order valence-corrected chi connectivity index (χ1v) is 4.53. The van der Waals surface area contributed by atoms with Gasteiger partial charge in [0.25, 0.3) is 0 Å². The maximum atomic E-state index is 12.9. The van der Waals surface area contributed by atoms with Crippen molar-refractivity contribution in [1.29, 1.82) is 0 Å². The Morgan fingerprint density at radius 1 is 1.33 bits per heavy atom. The number of aromatic nitrogens is 3. The van der Waals surface area contributed by atoms with Crippen LogP contribution in [0.5, 0.6) is 0 Å². The quantitative estimate of drug-likeness (QED) is 0.771. The molecule has 0 fully saturated rings. The Hall–Kier alpha value is -1.91. The molecular weight excluding hydrogens is 195 g/mol. The molecule has 0 saturated heterocycles. The number of hydrogen-bond acceptors (Lipinski definition) is 3. The van der Waals surface area contributed by atoms with Crippen LogP contribution in [0.3, 0.4) is 0 Å². The molecule has 4 nitrogen and oxygen atoms in total. The lowest BCUT2D eigenvalue weighted by Crippen LogP contribution is -2.04. The highest BCUT2D eigenvalue weighted by Gasteiger charge is 2.08. The molecule has 0 bridgehead atoms. The zero-order valence-corrected chi connectivity index (χ0v) is 8.53. The molecule has 2 rings (SSSR count). The van der Waals surface area contributed by atoms with Crippen molar-refractivity contribution < 1.29 is 4.39 Å². The van der Waals surface area contributed by atoms with Crippen LogP contribution in [-0.2, 0) is 0 Å². The van der Waals surface area contributed by atoms with Crippen LogP contribution in [-0.4, -0.2) is 14.8 Å². The van der Waals surface area contributed by atoms with E-state index < -0.39 is 0 Å². The average Bonchev–Trinajstić information content (AvgIpc) is 2.45. The van der Waals surface area contributed by atoms with Crippen LogP contribution < -0.4 is 5.73 Å². The number of hydrogen-bond donors (Lipinski definition) is 1. The Morgan fingerprint density at radius 2 is 2.07 bits per heavy atom. The van der Waals surface area contributed by atoms with Crippen LogP contribution in [0.4, 0.5) is 10.3 Å². The second-order valence-electron chi connectivity index (χ2n) is 3.36. The van der Waals surface area contributed by atoms with E-state index in [0.29, 0.717) is 11.8 Å². The Balaban J connectivity index is 2.59. The Kier molecular flexibility index (Phi) is 2.15. The van der Waals surface area contributed by atoms with Crippen molar-refractivity contribution in [2.75, 3.05) is 5.73 Å². The van der Waals surface area contributed by atoms with Gasteiger partial charge >= 0.3 is 0 Å². The summed E-state index contributed by atoms with van der Waals surface area (Å²) in [5, 5.41) is 4.13. The summed E-state index contributed by atoms with van der Waals surface area (Å²) < 4.78 is 14.4. The summed E-state index contributed by atoms with van der Waals surface area (Å²) in [5.74, 6) is 0.630. The molecule has 1 aromatic carbocycles. The minimum atomic E-state index is -0.272. The van der Waals surface area contributed by atoms with Gasteiger partial charge in [-0.3, -0.25) is 0 Å². The van der Waals surface area contributed by atoms with Gasteiger partial charge in [-0.15, -0.1) is 5.10 Å². The Bertz CT molecular complexity index is 504. The molecule has 78 valence electrons. The summed E-state index contributed by atoms with van der Waals surface area (Å²) in [7, 11) is 0. The topological polar surface area (TPSA) is 56.7 Å². The summed E-state index contributed by atoms with van der Waals surface area (Å²) in [6, 6.07) is 4.44. The molecule has 1 heterocycles. The minimum Gasteiger partial charge on any atom is -0.368 e. The van der Waals surface area contributed by atoms with Crippen molar-refractivity contribution in [2.24, 2.45) is 0 Å². The standard InChI is InChI=1S/C10H11FN4/c1-6-5-8(11)3-4-9(6)15-10(12)13-7(2)14-15/h3-5H,1-2H3,(H2,12,13,14). The molecule has 0 amide bonds. The van der Waals surface area contributed by atoms with Crippen LogP contribution in [0.25, 0.3) is 5.69 Å². The van der Waals surface area contributed by atoms with Gasteiger partial charge in [-0.25, -0.2) is 4.39 Å². The van der Waals surface area contributed by atoms with Gasteiger partial charge in [-0.2, -0.15) is 9.67 Å². The second-order valence-corrected chi connectivity index (χ2v) is 3.36. The summed E-state index contributed by atoms with van der Waals surface area (Å²) in [4.78, 5) is 3.99. The second kappa shape index (κ2) is 3.34. The highest BCUT2D eigenvalue weighted by molar-refractivity contribution is 5.43. The number of anilines is 1. The van der Waals surface area contributed by atoms with Crippen LogP contribution in [0, 0.1) is 19.7 Å².